The van der Waals surface area contributed by atoms with Gasteiger partial charge in [0, 0.05) is 13.0 Å². The molecule has 0 fully saturated rings. The summed E-state index contributed by atoms with van der Waals surface area (Å²) in [5, 5.41) is 2.54. The zero-order valence-electron chi connectivity index (χ0n) is 8.00. The van der Waals surface area contributed by atoms with E-state index >= 15 is 0 Å². The maximum absolute atomic E-state index is 10.9. The van der Waals surface area contributed by atoms with Gasteiger partial charge in [0.15, 0.2) is 0 Å². The van der Waals surface area contributed by atoms with Crippen molar-refractivity contribution >= 4 is 23.3 Å². The Morgan fingerprint density at radius 1 is 1.62 bits per heavy atom. The van der Waals surface area contributed by atoms with Crippen LogP contribution in [0.4, 0.5) is 4.79 Å². The number of hydrogen-bond acceptors (Lipinski definition) is 3. The summed E-state index contributed by atoms with van der Waals surface area (Å²) >= 11 is 4.64. The first-order chi connectivity index (χ1) is 6.02. The van der Waals surface area contributed by atoms with Crippen LogP contribution in [-0.2, 0) is 4.74 Å². The highest BCUT2D eigenvalue weighted by Gasteiger charge is 2.02. The molecule has 0 bridgehead atoms. The summed E-state index contributed by atoms with van der Waals surface area (Å²) in [5.41, 5.74) is 5.24. The van der Waals surface area contributed by atoms with Crippen molar-refractivity contribution in [2.24, 2.45) is 11.7 Å². The van der Waals surface area contributed by atoms with E-state index in [0.717, 1.165) is 0 Å². The molecule has 0 heterocycles. The van der Waals surface area contributed by atoms with Gasteiger partial charge in [-0.2, -0.15) is 0 Å². The van der Waals surface area contributed by atoms with Gasteiger partial charge in [-0.15, -0.1) is 0 Å². The van der Waals surface area contributed by atoms with Gasteiger partial charge in [0.2, 0.25) is 0 Å². The van der Waals surface area contributed by atoms with Crippen LogP contribution >= 0.6 is 12.2 Å². The monoisotopic (exact) mass is 204 g/mol. The molecule has 0 aliphatic rings. The van der Waals surface area contributed by atoms with Gasteiger partial charge in [-0.1, -0.05) is 26.1 Å². The van der Waals surface area contributed by atoms with E-state index in [9.17, 15) is 4.79 Å². The van der Waals surface area contributed by atoms with Crippen LogP contribution in [0.5, 0.6) is 0 Å². The molecule has 13 heavy (non-hydrogen) atoms. The number of thiocarbonyl (C=S) groups is 1. The summed E-state index contributed by atoms with van der Waals surface area (Å²) in [5.74, 6) is 0.348. The van der Waals surface area contributed by atoms with Crippen molar-refractivity contribution in [3.63, 3.8) is 0 Å². The second-order valence-electron chi connectivity index (χ2n) is 3.14. The molecule has 0 atom stereocenters. The smallest absolute Gasteiger partial charge is 0.407 e. The second-order valence-corrected chi connectivity index (χ2v) is 3.66. The number of rotatable bonds is 5. The molecule has 3 N–H and O–H groups in total. The molecule has 0 aromatic rings. The molecule has 0 saturated carbocycles. The van der Waals surface area contributed by atoms with Crippen molar-refractivity contribution < 1.29 is 9.53 Å². The van der Waals surface area contributed by atoms with Crippen LogP contribution in [0.15, 0.2) is 0 Å². The fourth-order valence-corrected chi connectivity index (χ4v) is 0.683. The first-order valence-electron chi connectivity index (χ1n) is 4.21. The van der Waals surface area contributed by atoms with Gasteiger partial charge >= 0.3 is 6.09 Å². The van der Waals surface area contributed by atoms with Crippen LogP contribution in [0.1, 0.15) is 20.3 Å². The van der Waals surface area contributed by atoms with Gasteiger partial charge in [-0.25, -0.2) is 4.79 Å². The number of amides is 1. The lowest BCUT2D eigenvalue weighted by Gasteiger charge is -2.07. The molecule has 0 spiro atoms. The molecule has 0 saturated heterocycles. The number of alkyl carbamates (subject to hydrolysis) is 1. The van der Waals surface area contributed by atoms with Crippen molar-refractivity contribution in [1.82, 2.24) is 5.32 Å². The van der Waals surface area contributed by atoms with Crippen molar-refractivity contribution in [2.45, 2.75) is 20.3 Å². The highest BCUT2D eigenvalue weighted by molar-refractivity contribution is 7.80. The summed E-state index contributed by atoms with van der Waals surface area (Å²) in [6, 6.07) is 0. The summed E-state index contributed by atoms with van der Waals surface area (Å²) in [4.78, 5) is 11.3. The molecule has 0 radical (unpaired) electrons. The molecule has 0 rings (SSSR count). The Morgan fingerprint density at radius 2 is 2.23 bits per heavy atom. The first-order valence-corrected chi connectivity index (χ1v) is 4.62. The van der Waals surface area contributed by atoms with E-state index in [1.165, 1.54) is 0 Å². The molecule has 1 amide bonds. The van der Waals surface area contributed by atoms with Crippen molar-refractivity contribution in [2.75, 3.05) is 13.2 Å². The fraction of sp³-hybridized carbons (Fsp3) is 0.750. The summed E-state index contributed by atoms with van der Waals surface area (Å²) in [6.07, 6.45) is 0.0940. The minimum absolute atomic E-state index is 0.348. The zero-order valence-corrected chi connectivity index (χ0v) is 8.82. The SMILES string of the molecule is CC(C)COC(=O)NCCC(N)=S. The number of nitrogens with two attached hydrogens (primary N) is 1. The average Bonchev–Trinajstić information content (AvgIpc) is 2.00. The molecule has 0 aromatic carbocycles. The number of carbonyl (C=O) groups is 1. The van der Waals surface area contributed by atoms with E-state index in [-0.39, 0.29) is 0 Å². The Morgan fingerprint density at radius 3 is 2.69 bits per heavy atom. The Bertz CT molecular complexity index is 183. The fourth-order valence-electron chi connectivity index (χ4n) is 0.581. The van der Waals surface area contributed by atoms with Crippen molar-refractivity contribution in [3.05, 3.63) is 0 Å². The average molecular weight is 204 g/mol. The predicted octanol–water partition coefficient (Wildman–Crippen LogP) is 1.04. The van der Waals surface area contributed by atoms with Crippen LogP contribution in [0.2, 0.25) is 0 Å². The number of carbonyl (C=O) groups excluding carboxylic acids is 1. The zero-order chi connectivity index (χ0) is 10.3. The predicted molar refractivity (Wildman–Crippen MR) is 55.6 cm³/mol. The Hall–Kier alpha value is -0.840. The van der Waals surface area contributed by atoms with Gasteiger partial charge in [0.05, 0.1) is 11.6 Å². The van der Waals surface area contributed by atoms with Crippen LogP contribution in [-0.4, -0.2) is 24.2 Å². The minimum Gasteiger partial charge on any atom is -0.449 e. The summed E-state index contributed by atoms with van der Waals surface area (Å²) in [6.45, 7) is 4.82. The lowest BCUT2D eigenvalue weighted by atomic mass is 10.2. The third kappa shape index (κ3) is 9.07. The molecule has 4 nitrogen and oxygen atoms in total. The molecule has 0 unspecified atom stereocenters. The summed E-state index contributed by atoms with van der Waals surface area (Å²) in [7, 11) is 0. The van der Waals surface area contributed by atoms with Crippen molar-refractivity contribution in [1.29, 1.82) is 0 Å². The van der Waals surface area contributed by atoms with Crippen LogP contribution in [0.3, 0.4) is 0 Å². The molecule has 76 valence electrons. The van der Waals surface area contributed by atoms with E-state index in [1.54, 1.807) is 0 Å². The largest absolute Gasteiger partial charge is 0.449 e. The maximum atomic E-state index is 10.9. The normalized spacial score (nSPS) is 9.77. The van der Waals surface area contributed by atoms with Gasteiger partial charge in [0.25, 0.3) is 0 Å². The highest BCUT2D eigenvalue weighted by Crippen LogP contribution is 1.92. The van der Waals surface area contributed by atoms with E-state index < -0.39 is 6.09 Å². The number of ether oxygens (including phenoxy) is 1. The second kappa shape index (κ2) is 6.65. The van der Waals surface area contributed by atoms with Gasteiger partial charge in [0.1, 0.15) is 0 Å². The maximum Gasteiger partial charge on any atom is 0.407 e. The highest BCUT2D eigenvalue weighted by atomic mass is 32.1. The van der Waals surface area contributed by atoms with Crippen LogP contribution in [0.25, 0.3) is 0 Å². The third-order valence-electron chi connectivity index (χ3n) is 1.19. The van der Waals surface area contributed by atoms with Crippen LogP contribution in [0, 0.1) is 5.92 Å². The molecule has 0 aliphatic carbocycles. The first kappa shape index (κ1) is 12.2. The van der Waals surface area contributed by atoms with E-state index in [2.05, 4.69) is 17.5 Å². The molecule has 0 aromatic heterocycles. The van der Waals surface area contributed by atoms with E-state index in [1.807, 2.05) is 13.8 Å². The van der Waals surface area contributed by atoms with Crippen LogP contribution < -0.4 is 11.1 Å². The third-order valence-corrected chi connectivity index (χ3v) is 1.39. The van der Waals surface area contributed by atoms with Gasteiger partial charge < -0.3 is 15.8 Å². The van der Waals surface area contributed by atoms with Gasteiger partial charge in [-0.3, -0.25) is 0 Å². The quantitative estimate of drug-likeness (QED) is 0.657. The Kier molecular flexibility index (Phi) is 6.22. The molecule has 0 aliphatic heterocycles. The number of nitrogens with one attached hydrogen (secondary N) is 1. The summed E-state index contributed by atoms with van der Waals surface area (Å²) < 4.78 is 4.85. The Balaban J connectivity index is 3.35. The molecule has 5 heteroatoms. The van der Waals surface area contributed by atoms with Crippen molar-refractivity contribution in [3.8, 4) is 0 Å². The standard InChI is InChI=1S/C8H16N2O2S/c1-6(2)5-12-8(11)10-4-3-7(9)13/h6H,3-5H2,1-2H3,(H2,9,13)(H,10,11). The number of hydrogen-bond donors (Lipinski definition) is 2. The molecular formula is C8H16N2O2S. The van der Waals surface area contributed by atoms with Gasteiger partial charge in [-0.05, 0) is 5.92 Å². The van der Waals surface area contributed by atoms with E-state index in [0.29, 0.717) is 30.5 Å². The topological polar surface area (TPSA) is 64.3 Å². The lowest BCUT2D eigenvalue weighted by molar-refractivity contribution is 0.133. The lowest BCUT2D eigenvalue weighted by Crippen LogP contribution is -2.28. The van der Waals surface area contributed by atoms with E-state index in [4.69, 9.17) is 10.5 Å². The Labute approximate surface area is 83.8 Å². The molecular weight excluding hydrogens is 188 g/mol. The minimum atomic E-state index is -0.412.